The van der Waals surface area contributed by atoms with Crippen molar-refractivity contribution in [3.05, 3.63) is 47.7 Å². The van der Waals surface area contributed by atoms with Gasteiger partial charge >= 0.3 is 0 Å². The Bertz CT molecular complexity index is 1010. The summed E-state index contributed by atoms with van der Waals surface area (Å²) in [5.41, 5.74) is 3.94. The number of aryl methyl sites for hydroxylation is 2. The third kappa shape index (κ3) is 3.91. The number of likely N-dealkylation sites (tertiary alicyclic amines) is 1. The third-order valence-corrected chi connectivity index (χ3v) is 5.79. The first-order chi connectivity index (χ1) is 13.8. The number of nitrogens with zero attached hydrogens (tertiary/aromatic N) is 6. The summed E-state index contributed by atoms with van der Waals surface area (Å²) in [6.07, 6.45) is 7.19. The van der Waals surface area contributed by atoms with Crippen molar-refractivity contribution in [2.24, 2.45) is 0 Å². The molecule has 0 N–H and O–H groups in total. The maximum absolute atomic E-state index is 13.1. The number of amides is 1. The normalized spacial score (nSPS) is 17.8. The molecule has 0 bridgehead atoms. The van der Waals surface area contributed by atoms with Gasteiger partial charge in [-0.2, -0.15) is 10.2 Å². The summed E-state index contributed by atoms with van der Waals surface area (Å²) in [5, 5.41) is 9.15. The van der Waals surface area contributed by atoms with E-state index >= 15 is 0 Å². The number of rotatable bonds is 4. The Labute approximate surface area is 171 Å². The number of fused-ring (bicyclic) bond motifs is 1. The summed E-state index contributed by atoms with van der Waals surface area (Å²) < 4.78 is 3.83. The van der Waals surface area contributed by atoms with Crippen LogP contribution >= 0.6 is 0 Å². The molecule has 154 valence electrons. The average Bonchev–Trinajstić information content (AvgIpc) is 3.31. The fraction of sp³-hybridized carbons (Fsp3) is 0.545. The van der Waals surface area contributed by atoms with Crippen LogP contribution in [-0.2, 0) is 16.8 Å². The van der Waals surface area contributed by atoms with Crippen molar-refractivity contribution in [1.82, 2.24) is 29.3 Å². The van der Waals surface area contributed by atoms with Crippen LogP contribution in [0.3, 0.4) is 0 Å². The van der Waals surface area contributed by atoms with Crippen molar-refractivity contribution >= 4 is 11.6 Å². The Morgan fingerprint density at radius 3 is 2.76 bits per heavy atom. The SMILES string of the molecule is Cc1ccnn1CCC(=O)N1CCCC[C@H]1c1ccnc2cc(C(C)(C)C)nn12. The number of hydrogen-bond donors (Lipinski definition) is 0. The third-order valence-electron chi connectivity index (χ3n) is 5.79. The minimum Gasteiger partial charge on any atom is -0.334 e. The molecule has 0 radical (unpaired) electrons. The van der Waals surface area contributed by atoms with E-state index in [0.29, 0.717) is 13.0 Å². The number of carbonyl (C=O) groups excluding carboxylic acids is 1. The fourth-order valence-electron chi connectivity index (χ4n) is 4.05. The first-order valence-corrected chi connectivity index (χ1v) is 10.5. The lowest BCUT2D eigenvalue weighted by atomic mass is 9.93. The van der Waals surface area contributed by atoms with E-state index in [0.717, 1.165) is 48.5 Å². The van der Waals surface area contributed by atoms with Crippen LogP contribution < -0.4 is 0 Å². The molecule has 7 heteroatoms. The molecule has 29 heavy (non-hydrogen) atoms. The Kier molecular flexibility index (Phi) is 5.15. The highest BCUT2D eigenvalue weighted by atomic mass is 16.2. The van der Waals surface area contributed by atoms with E-state index in [1.54, 1.807) is 6.20 Å². The molecule has 1 aliphatic heterocycles. The van der Waals surface area contributed by atoms with E-state index < -0.39 is 0 Å². The predicted octanol–water partition coefficient (Wildman–Crippen LogP) is 3.68. The van der Waals surface area contributed by atoms with Gasteiger partial charge in [0.2, 0.25) is 5.91 Å². The monoisotopic (exact) mass is 394 g/mol. The summed E-state index contributed by atoms with van der Waals surface area (Å²) in [4.78, 5) is 19.7. The van der Waals surface area contributed by atoms with Crippen molar-refractivity contribution < 1.29 is 4.79 Å². The molecule has 0 spiro atoms. The zero-order chi connectivity index (χ0) is 20.6. The molecule has 1 atom stereocenters. The van der Waals surface area contributed by atoms with Gasteiger partial charge in [-0.15, -0.1) is 0 Å². The van der Waals surface area contributed by atoms with Gasteiger partial charge in [0.05, 0.1) is 17.4 Å². The minimum atomic E-state index is -0.0470. The molecule has 7 nitrogen and oxygen atoms in total. The topological polar surface area (TPSA) is 68.3 Å². The van der Waals surface area contributed by atoms with Gasteiger partial charge in [0.15, 0.2) is 5.65 Å². The maximum atomic E-state index is 13.1. The fourth-order valence-corrected chi connectivity index (χ4v) is 4.05. The molecule has 4 heterocycles. The second-order valence-corrected chi connectivity index (χ2v) is 8.96. The molecule has 3 aromatic heterocycles. The Morgan fingerprint density at radius 2 is 2.03 bits per heavy atom. The highest BCUT2D eigenvalue weighted by Crippen LogP contribution is 2.32. The Morgan fingerprint density at radius 1 is 1.21 bits per heavy atom. The molecule has 0 aliphatic carbocycles. The zero-order valence-electron chi connectivity index (χ0n) is 17.8. The van der Waals surface area contributed by atoms with Crippen molar-refractivity contribution in [2.45, 2.75) is 71.4 Å². The van der Waals surface area contributed by atoms with Crippen LogP contribution in [0, 0.1) is 6.92 Å². The smallest absolute Gasteiger partial charge is 0.224 e. The first-order valence-electron chi connectivity index (χ1n) is 10.5. The largest absolute Gasteiger partial charge is 0.334 e. The molecule has 0 saturated carbocycles. The van der Waals surface area contributed by atoms with E-state index in [9.17, 15) is 4.79 Å². The minimum absolute atomic E-state index is 0.0354. The van der Waals surface area contributed by atoms with Gasteiger partial charge in [0, 0.05) is 49.1 Å². The number of hydrogen-bond acceptors (Lipinski definition) is 4. The maximum Gasteiger partial charge on any atom is 0.224 e. The van der Waals surface area contributed by atoms with Crippen molar-refractivity contribution in [2.75, 3.05) is 6.54 Å². The molecule has 0 unspecified atom stereocenters. The molecular formula is C22H30N6O. The molecule has 3 aromatic rings. The first kappa shape index (κ1) is 19.6. The second-order valence-electron chi connectivity index (χ2n) is 8.96. The van der Waals surface area contributed by atoms with Crippen LogP contribution in [-0.4, -0.2) is 41.7 Å². The molecular weight excluding hydrogens is 364 g/mol. The zero-order valence-corrected chi connectivity index (χ0v) is 17.8. The van der Waals surface area contributed by atoms with E-state index in [2.05, 4.69) is 36.9 Å². The molecule has 1 saturated heterocycles. The van der Waals surface area contributed by atoms with E-state index in [1.165, 1.54) is 0 Å². The van der Waals surface area contributed by atoms with Gasteiger partial charge in [-0.3, -0.25) is 9.48 Å². The van der Waals surface area contributed by atoms with Gasteiger partial charge in [-0.1, -0.05) is 20.8 Å². The average molecular weight is 395 g/mol. The van der Waals surface area contributed by atoms with Crippen LogP contribution in [0.4, 0.5) is 0 Å². The lowest BCUT2D eigenvalue weighted by molar-refractivity contribution is -0.135. The second kappa shape index (κ2) is 7.61. The van der Waals surface area contributed by atoms with Crippen LogP contribution in [0.1, 0.15) is 69.6 Å². The number of aromatic nitrogens is 5. The highest BCUT2D eigenvalue weighted by Gasteiger charge is 2.30. The highest BCUT2D eigenvalue weighted by molar-refractivity contribution is 5.76. The van der Waals surface area contributed by atoms with E-state index in [-0.39, 0.29) is 17.4 Å². The Balaban J connectivity index is 1.61. The van der Waals surface area contributed by atoms with Gasteiger partial charge in [0.1, 0.15) is 0 Å². The van der Waals surface area contributed by atoms with E-state index in [4.69, 9.17) is 5.10 Å². The quantitative estimate of drug-likeness (QED) is 0.677. The van der Waals surface area contributed by atoms with E-state index in [1.807, 2.05) is 39.4 Å². The number of piperidine rings is 1. The van der Waals surface area contributed by atoms with Crippen LogP contribution in [0.5, 0.6) is 0 Å². The van der Waals surface area contributed by atoms with Crippen molar-refractivity contribution in [3.63, 3.8) is 0 Å². The Hall–Kier alpha value is -2.70. The number of carbonyl (C=O) groups is 1. The van der Waals surface area contributed by atoms with Crippen molar-refractivity contribution in [1.29, 1.82) is 0 Å². The van der Waals surface area contributed by atoms with Crippen LogP contribution in [0.25, 0.3) is 5.65 Å². The van der Waals surface area contributed by atoms with Gasteiger partial charge in [-0.05, 0) is 38.3 Å². The summed E-state index contributed by atoms with van der Waals surface area (Å²) in [6.45, 7) is 9.88. The van der Waals surface area contributed by atoms with Crippen LogP contribution in [0.2, 0.25) is 0 Å². The molecule has 1 aliphatic rings. The summed E-state index contributed by atoms with van der Waals surface area (Å²) in [6, 6.07) is 6.07. The van der Waals surface area contributed by atoms with Crippen LogP contribution in [0.15, 0.2) is 30.6 Å². The van der Waals surface area contributed by atoms with Gasteiger partial charge in [0.25, 0.3) is 0 Å². The molecule has 1 amide bonds. The molecule has 1 fully saturated rings. The van der Waals surface area contributed by atoms with Crippen molar-refractivity contribution in [3.8, 4) is 0 Å². The van der Waals surface area contributed by atoms with Gasteiger partial charge < -0.3 is 4.90 Å². The summed E-state index contributed by atoms with van der Waals surface area (Å²) >= 11 is 0. The summed E-state index contributed by atoms with van der Waals surface area (Å²) in [5.74, 6) is 0.178. The summed E-state index contributed by atoms with van der Waals surface area (Å²) in [7, 11) is 0. The standard InChI is InChI=1S/C22H30N6O/c1-16-8-12-24-27(16)14-10-21(29)26-13-6-5-7-17(26)18-9-11-23-20-15-19(22(2,3)4)25-28(18)20/h8-9,11-12,15,17H,5-7,10,13-14H2,1-4H3/t17-/m0/s1. The molecule has 0 aromatic carbocycles. The lowest BCUT2D eigenvalue weighted by Crippen LogP contribution is -2.39. The molecule has 4 rings (SSSR count). The lowest BCUT2D eigenvalue weighted by Gasteiger charge is -2.36. The van der Waals surface area contributed by atoms with Gasteiger partial charge in [-0.25, -0.2) is 9.50 Å². The predicted molar refractivity (Wildman–Crippen MR) is 112 cm³/mol.